The van der Waals surface area contributed by atoms with Gasteiger partial charge < -0.3 is 10.2 Å². The second kappa shape index (κ2) is 5.12. The summed E-state index contributed by atoms with van der Waals surface area (Å²) in [5.74, 6) is -1.16. The molecule has 0 spiro atoms. The molecule has 2 N–H and O–H groups in total. The number of aliphatic hydroxyl groups is 1. The zero-order valence-electron chi connectivity index (χ0n) is 7.48. The van der Waals surface area contributed by atoms with E-state index in [-0.39, 0.29) is 6.42 Å². The summed E-state index contributed by atoms with van der Waals surface area (Å²) in [7, 11) is 0. The SMILES string of the molecule is O=C(O)[C@@H](O)CCc1ccc(Br)cc1. The highest BCUT2D eigenvalue weighted by Crippen LogP contribution is 2.12. The normalized spacial score (nSPS) is 12.4. The molecule has 14 heavy (non-hydrogen) atoms. The fourth-order valence-corrected chi connectivity index (χ4v) is 1.34. The second-order valence-electron chi connectivity index (χ2n) is 3.02. The Morgan fingerprint density at radius 3 is 2.43 bits per heavy atom. The standard InChI is InChI=1S/C10H11BrO3/c11-8-4-1-7(2-5-8)3-6-9(12)10(13)14/h1-2,4-5,9,12H,3,6H2,(H,13,14)/t9-/m0/s1. The van der Waals surface area contributed by atoms with Crippen molar-refractivity contribution < 1.29 is 15.0 Å². The van der Waals surface area contributed by atoms with E-state index in [1.807, 2.05) is 24.3 Å². The van der Waals surface area contributed by atoms with E-state index < -0.39 is 12.1 Å². The number of carbonyl (C=O) groups is 1. The first-order chi connectivity index (χ1) is 6.59. The Balaban J connectivity index is 2.46. The van der Waals surface area contributed by atoms with Gasteiger partial charge in [-0.15, -0.1) is 0 Å². The zero-order valence-corrected chi connectivity index (χ0v) is 9.07. The second-order valence-corrected chi connectivity index (χ2v) is 3.93. The average molecular weight is 259 g/mol. The van der Waals surface area contributed by atoms with Crippen LogP contribution >= 0.6 is 15.9 Å². The Bertz CT molecular complexity index is 308. The third kappa shape index (κ3) is 3.47. The molecule has 0 radical (unpaired) electrons. The van der Waals surface area contributed by atoms with E-state index in [1.165, 1.54) is 0 Å². The molecule has 3 nitrogen and oxygen atoms in total. The number of rotatable bonds is 4. The maximum Gasteiger partial charge on any atom is 0.332 e. The zero-order chi connectivity index (χ0) is 10.6. The summed E-state index contributed by atoms with van der Waals surface area (Å²) in [4.78, 5) is 10.3. The molecule has 0 saturated heterocycles. The molecule has 0 heterocycles. The molecule has 76 valence electrons. The topological polar surface area (TPSA) is 57.5 Å². The third-order valence-corrected chi connectivity index (χ3v) is 2.43. The lowest BCUT2D eigenvalue weighted by molar-refractivity contribution is -0.146. The molecule has 0 unspecified atom stereocenters. The largest absolute Gasteiger partial charge is 0.479 e. The molecule has 0 fully saturated rings. The van der Waals surface area contributed by atoms with Crippen LogP contribution in [0.2, 0.25) is 0 Å². The Kier molecular flexibility index (Phi) is 4.10. The summed E-state index contributed by atoms with van der Waals surface area (Å²) in [5, 5.41) is 17.5. The van der Waals surface area contributed by atoms with Crippen LogP contribution in [-0.2, 0) is 11.2 Å². The van der Waals surface area contributed by atoms with Gasteiger partial charge in [0.25, 0.3) is 0 Å². The number of carboxylic acids is 1. The quantitative estimate of drug-likeness (QED) is 0.867. The highest BCUT2D eigenvalue weighted by molar-refractivity contribution is 9.10. The van der Waals surface area contributed by atoms with Crippen LogP contribution in [0, 0.1) is 0 Å². The van der Waals surface area contributed by atoms with Crippen LogP contribution in [-0.4, -0.2) is 22.3 Å². The fraction of sp³-hybridized carbons (Fsp3) is 0.300. The number of aliphatic hydroxyl groups excluding tert-OH is 1. The lowest BCUT2D eigenvalue weighted by Gasteiger charge is -2.04. The first kappa shape index (κ1) is 11.2. The van der Waals surface area contributed by atoms with Gasteiger partial charge in [0.15, 0.2) is 6.10 Å². The van der Waals surface area contributed by atoms with E-state index in [2.05, 4.69) is 15.9 Å². The maximum atomic E-state index is 10.3. The molecule has 1 atom stereocenters. The van der Waals surface area contributed by atoms with Gasteiger partial charge in [-0.1, -0.05) is 28.1 Å². The third-order valence-electron chi connectivity index (χ3n) is 1.90. The summed E-state index contributed by atoms with van der Waals surface area (Å²) in [6.45, 7) is 0. The van der Waals surface area contributed by atoms with Crippen LogP contribution in [0.1, 0.15) is 12.0 Å². The predicted octanol–water partition coefficient (Wildman–Crippen LogP) is 1.83. The van der Waals surface area contributed by atoms with Crippen LogP contribution in [0.4, 0.5) is 0 Å². The maximum absolute atomic E-state index is 10.3. The van der Waals surface area contributed by atoms with Crippen molar-refractivity contribution in [1.29, 1.82) is 0 Å². The monoisotopic (exact) mass is 258 g/mol. The van der Waals surface area contributed by atoms with E-state index >= 15 is 0 Å². The molecule has 0 amide bonds. The summed E-state index contributed by atoms with van der Waals surface area (Å²) >= 11 is 3.31. The van der Waals surface area contributed by atoms with E-state index in [1.54, 1.807) is 0 Å². The van der Waals surface area contributed by atoms with E-state index in [0.717, 1.165) is 10.0 Å². The van der Waals surface area contributed by atoms with Gasteiger partial charge in [0, 0.05) is 4.47 Å². The van der Waals surface area contributed by atoms with Crippen LogP contribution in [0.25, 0.3) is 0 Å². The van der Waals surface area contributed by atoms with Gasteiger partial charge in [0.1, 0.15) is 0 Å². The minimum Gasteiger partial charge on any atom is -0.479 e. The molecule has 0 aromatic heterocycles. The molecule has 1 aromatic carbocycles. The van der Waals surface area contributed by atoms with Crippen molar-refractivity contribution in [2.45, 2.75) is 18.9 Å². The van der Waals surface area contributed by atoms with Gasteiger partial charge in [-0.2, -0.15) is 0 Å². The van der Waals surface area contributed by atoms with Gasteiger partial charge in [0.05, 0.1) is 0 Å². The number of aryl methyl sites for hydroxylation is 1. The van der Waals surface area contributed by atoms with Gasteiger partial charge in [0.2, 0.25) is 0 Å². The van der Waals surface area contributed by atoms with Crippen molar-refractivity contribution in [3.63, 3.8) is 0 Å². The molecule has 4 heteroatoms. The summed E-state index contributed by atoms with van der Waals surface area (Å²) < 4.78 is 0.986. The van der Waals surface area contributed by atoms with Crippen molar-refractivity contribution in [3.8, 4) is 0 Å². The predicted molar refractivity (Wildman–Crippen MR) is 56.1 cm³/mol. The minimum atomic E-state index is -1.27. The van der Waals surface area contributed by atoms with E-state index in [9.17, 15) is 4.79 Å². The Labute approximate surface area is 90.5 Å². The van der Waals surface area contributed by atoms with Crippen molar-refractivity contribution in [2.24, 2.45) is 0 Å². The van der Waals surface area contributed by atoms with Crippen LogP contribution in [0.3, 0.4) is 0 Å². The van der Waals surface area contributed by atoms with Gasteiger partial charge in [-0.3, -0.25) is 0 Å². The molecular weight excluding hydrogens is 248 g/mol. The van der Waals surface area contributed by atoms with Gasteiger partial charge >= 0.3 is 5.97 Å². The van der Waals surface area contributed by atoms with Crippen LogP contribution < -0.4 is 0 Å². The minimum absolute atomic E-state index is 0.247. The molecule has 0 bridgehead atoms. The highest BCUT2D eigenvalue weighted by Gasteiger charge is 2.12. The summed E-state index contributed by atoms with van der Waals surface area (Å²) in [5.41, 5.74) is 1.02. The van der Waals surface area contributed by atoms with Crippen molar-refractivity contribution in [1.82, 2.24) is 0 Å². The Hall–Kier alpha value is -0.870. The number of carboxylic acid groups (broad SMARTS) is 1. The first-order valence-corrected chi connectivity index (χ1v) is 5.04. The Morgan fingerprint density at radius 2 is 1.93 bits per heavy atom. The number of hydrogen-bond acceptors (Lipinski definition) is 2. The van der Waals surface area contributed by atoms with Crippen molar-refractivity contribution in [3.05, 3.63) is 34.3 Å². The summed E-state index contributed by atoms with van der Waals surface area (Å²) in [6.07, 6.45) is -0.448. The summed E-state index contributed by atoms with van der Waals surface area (Å²) in [6, 6.07) is 7.59. The highest BCUT2D eigenvalue weighted by atomic mass is 79.9. The lowest BCUT2D eigenvalue weighted by atomic mass is 10.1. The van der Waals surface area contributed by atoms with Crippen LogP contribution in [0.5, 0.6) is 0 Å². The molecular formula is C10H11BrO3. The number of hydrogen-bond donors (Lipinski definition) is 2. The molecule has 0 aliphatic carbocycles. The number of aliphatic carboxylic acids is 1. The molecule has 1 aromatic rings. The van der Waals surface area contributed by atoms with Gasteiger partial charge in [-0.25, -0.2) is 4.79 Å². The van der Waals surface area contributed by atoms with Crippen molar-refractivity contribution in [2.75, 3.05) is 0 Å². The molecule has 0 aliphatic rings. The molecule has 0 aliphatic heterocycles. The average Bonchev–Trinajstić information content (AvgIpc) is 2.16. The number of halogens is 1. The fourth-order valence-electron chi connectivity index (χ4n) is 1.08. The molecule has 0 saturated carbocycles. The lowest BCUT2D eigenvalue weighted by Crippen LogP contribution is -2.19. The smallest absolute Gasteiger partial charge is 0.332 e. The number of benzene rings is 1. The van der Waals surface area contributed by atoms with E-state index in [0.29, 0.717) is 6.42 Å². The first-order valence-electron chi connectivity index (χ1n) is 4.25. The van der Waals surface area contributed by atoms with Gasteiger partial charge in [-0.05, 0) is 30.5 Å². The van der Waals surface area contributed by atoms with E-state index in [4.69, 9.17) is 10.2 Å². The molecule has 1 rings (SSSR count). The van der Waals surface area contributed by atoms with Crippen molar-refractivity contribution >= 4 is 21.9 Å². The Morgan fingerprint density at radius 1 is 1.36 bits per heavy atom. The van der Waals surface area contributed by atoms with Crippen LogP contribution in [0.15, 0.2) is 28.7 Å².